The molecule has 0 atom stereocenters. The van der Waals surface area contributed by atoms with Crippen LogP contribution in [-0.4, -0.2) is 12.9 Å². The molecular weight excluding hydrogens is 281 g/mol. The van der Waals surface area contributed by atoms with Crippen molar-refractivity contribution in [2.75, 3.05) is 12.8 Å². The van der Waals surface area contributed by atoms with Gasteiger partial charge in [0.25, 0.3) is 0 Å². The molecule has 104 valence electrons. The van der Waals surface area contributed by atoms with Gasteiger partial charge in [0.1, 0.15) is 11.6 Å². The number of nitrogens with two attached hydrogens (primary N) is 1. The van der Waals surface area contributed by atoms with Crippen LogP contribution >= 0.6 is 11.6 Å². The molecule has 0 aliphatic rings. The standard InChI is InChI=1S/C15H13ClFNO2/c1-20-14-4-2-3-11(15(14)18)13(19)7-9-5-6-10(17)8-12(9)16/h2-6,8H,7,18H2,1H3. The lowest BCUT2D eigenvalue weighted by molar-refractivity contribution is 0.0993. The summed E-state index contributed by atoms with van der Waals surface area (Å²) in [6.45, 7) is 0. The van der Waals surface area contributed by atoms with E-state index in [1.807, 2.05) is 0 Å². The number of benzene rings is 2. The quantitative estimate of drug-likeness (QED) is 0.693. The number of methoxy groups -OCH3 is 1. The Morgan fingerprint density at radius 3 is 2.75 bits per heavy atom. The summed E-state index contributed by atoms with van der Waals surface area (Å²) in [5.74, 6) is -0.192. The molecule has 2 N–H and O–H groups in total. The van der Waals surface area contributed by atoms with Crippen molar-refractivity contribution in [1.29, 1.82) is 0 Å². The topological polar surface area (TPSA) is 52.3 Å². The molecule has 2 aromatic carbocycles. The van der Waals surface area contributed by atoms with Crippen LogP contribution in [0.3, 0.4) is 0 Å². The minimum Gasteiger partial charge on any atom is -0.495 e. The maximum Gasteiger partial charge on any atom is 0.169 e. The van der Waals surface area contributed by atoms with Gasteiger partial charge in [-0.25, -0.2) is 4.39 Å². The summed E-state index contributed by atoms with van der Waals surface area (Å²) in [5.41, 5.74) is 7.08. The van der Waals surface area contributed by atoms with Crippen molar-refractivity contribution in [3.63, 3.8) is 0 Å². The second-order valence-electron chi connectivity index (χ2n) is 4.26. The normalized spacial score (nSPS) is 10.3. The van der Waals surface area contributed by atoms with Crippen LogP contribution in [0.2, 0.25) is 5.02 Å². The molecule has 0 aromatic heterocycles. The van der Waals surface area contributed by atoms with Crippen LogP contribution in [-0.2, 0) is 6.42 Å². The number of carbonyl (C=O) groups is 1. The minimum atomic E-state index is -0.438. The Kier molecular flexibility index (Phi) is 4.25. The van der Waals surface area contributed by atoms with E-state index in [1.54, 1.807) is 18.2 Å². The average molecular weight is 294 g/mol. The monoisotopic (exact) mass is 293 g/mol. The van der Waals surface area contributed by atoms with Crippen molar-refractivity contribution in [2.24, 2.45) is 0 Å². The first-order valence-corrected chi connectivity index (χ1v) is 6.30. The molecule has 0 saturated heterocycles. The van der Waals surface area contributed by atoms with Crippen molar-refractivity contribution in [3.8, 4) is 5.75 Å². The number of halogens is 2. The van der Waals surface area contributed by atoms with Crippen LogP contribution in [0.1, 0.15) is 15.9 Å². The zero-order valence-electron chi connectivity index (χ0n) is 10.8. The highest BCUT2D eigenvalue weighted by molar-refractivity contribution is 6.31. The van der Waals surface area contributed by atoms with E-state index in [2.05, 4.69) is 0 Å². The third-order valence-corrected chi connectivity index (χ3v) is 3.30. The lowest BCUT2D eigenvalue weighted by Crippen LogP contribution is -2.08. The molecule has 2 rings (SSSR count). The number of rotatable bonds is 4. The van der Waals surface area contributed by atoms with Crippen LogP contribution < -0.4 is 10.5 Å². The summed E-state index contributed by atoms with van der Waals surface area (Å²) < 4.78 is 18.0. The summed E-state index contributed by atoms with van der Waals surface area (Å²) in [4.78, 5) is 12.3. The maximum absolute atomic E-state index is 13.0. The lowest BCUT2D eigenvalue weighted by atomic mass is 10.0. The second-order valence-corrected chi connectivity index (χ2v) is 4.66. The highest BCUT2D eigenvalue weighted by Crippen LogP contribution is 2.27. The number of para-hydroxylation sites is 1. The number of hydrogen-bond acceptors (Lipinski definition) is 3. The van der Waals surface area contributed by atoms with Gasteiger partial charge in [0.05, 0.1) is 12.8 Å². The molecule has 0 amide bonds. The lowest BCUT2D eigenvalue weighted by Gasteiger charge is -2.09. The Labute approximate surface area is 121 Å². The predicted molar refractivity (Wildman–Crippen MR) is 76.9 cm³/mol. The minimum absolute atomic E-state index is 0.0521. The van der Waals surface area contributed by atoms with Crippen molar-refractivity contribution in [3.05, 3.63) is 58.4 Å². The second kappa shape index (κ2) is 5.92. The molecule has 0 heterocycles. The molecule has 0 fully saturated rings. The summed E-state index contributed by atoms with van der Waals surface area (Å²) in [7, 11) is 1.48. The van der Waals surface area contributed by atoms with Crippen molar-refractivity contribution >= 4 is 23.1 Å². The Balaban J connectivity index is 2.28. The van der Waals surface area contributed by atoms with Crippen LogP contribution in [0.15, 0.2) is 36.4 Å². The number of anilines is 1. The average Bonchev–Trinajstić information content (AvgIpc) is 2.42. The number of ketones is 1. The van der Waals surface area contributed by atoms with Gasteiger partial charge >= 0.3 is 0 Å². The van der Waals surface area contributed by atoms with Crippen LogP contribution in [0.5, 0.6) is 5.75 Å². The molecule has 0 radical (unpaired) electrons. The Hall–Kier alpha value is -2.07. The Morgan fingerprint density at radius 1 is 1.35 bits per heavy atom. The highest BCUT2D eigenvalue weighted by atomic mass is 35.5. The van der Waals surface area contributed by atoms with E-state index in [1.165, 1.54) is 25.3 Å². The molecule has 0 bridgehead atoms. The number of ether oxygens (including phenoxy) is 1. The molecule has 20 heavy (non-hydrogen) atoms. The summed E-state index contributed by atoms with van der Waals surface area (Å²) in [6.07, 6.45) is 0.0521. The summed E-state index contributed by atoms with van der Waals surface area (Å²) >= 11 is 5.91. The largest absolute Gasteiger partial charge is 0.495 e. The molecule has 2 aromatic rings. The van der Waals surface area contributed by atoms with Gasteiger partial charge in [0, 0.05) is 17.0 Å². The Morgan fingerprint density at radius 2 is 2.10 bits per heavy atom. The summed E-state index contributed by atoms with van der Waals surface area (Å²) in [6, 6.07) is 8.93. The van der Waals surface area contributed by atoms with E-state index in [0.29, 0.717) is 22.6 Å². The number of hydrogen-bond donors (Lipinski definition) is 1. The van der Waals surface area contributed by atoms with Gasteiger partial charge in [-0.2, -0.15) is 0 Å². The fourth-order valence-electron chi connectivity index (χ4n) is 1.90. The molecule has 5 heteroatoms. The number of Topliss-reactive ketones (excluding diaryl/α,β-unsaturated/α-hetero) is 1. The van der Waals surface area contributed by atoms with Crippen LogP contribution in [0, 0.1) is 5.82 Å². The van der Waals surface area contributed by atoms with Crippen molar-refractivity contribution in [2.45, 2.75) is 6.42 Å². The van der Waals surface area contributed by atoms with Gasteiger partial charge < -0.3 is 10.5 Å². The zero-order valence-corrected chi connectivity index (χ0v) is 11.6. The highest BCUT2D eigenvalue weighted by Gasteiger charge is 2.15. The molecule has 0 unspecified atom stereocenters. The summed E-state index contributed by atoms with van der Waals surface area (Å²) in [5, 5.41) is 0.222. The molecular formula is C15H13ClFNO2. The third-order valence-electron chi connectivity index (χ3n) is 2.95. The molecule has 0 aliphatic carbocycles. The first-order chi connectivity index (χ1) is 9.52. The van der Waals surface area contributed by atoms with E-state index in [-0.39, 0.29) is 17.2 Å². The SMILES string of the molecule is COc1cccc(C(=O)Cc2ccc(F)cc2Cl)c1N. The van der Waals surface area contributed by atoms with E-state index >= 15 is 0 Å². The Bertz CT molecular complexity index is 658. The van der Waals surface area contributed by atoms with Crippen LogP contribution in [0.4, 0.5) is 10.1 Å². The predicted octanol–water partition coefficient (Wildman–Crippen LogP) is 3.50. The first-order valence-electron chi connectivity index (χ1n) is 5.92. The molecule has 3 nitrogen and oxygen atoms in total. The smallest absolute Gasteiger partial charge is 0.169 e. The van der Waals surface area contributed by atoms with Gasteiger partial charge in [0.15, 0.2) is 5.78 Å². The first kappa shape index (κ1) is 14.3. The van der Waals surface area contributed by atoms with Gasteiger partial charge in [-0.15, -0.1) is 0 Å². The number of carbonyl (C=O) groups excluding carboxylic acids is 1. The number of nitrogen functional groups attached to an aromatic ring is 1. The fraction of sp³-hybridized carbons (Fsp3) is 0.133. The van der Waals surface area contributed by atoms with Gasteiger partial charge in [-0.3, -0.25) is 4.79 Å². The maximum atomic E-state index is 13.0. The fourth-order valence-corrected chi connectivity index (χ4v) is 2.13. The van der Waals surface area contributed by atoms with Crippen LogP contribution in [0.25, 0.3) is 0 Å². The van der Waals surface area contributed by atoms with Gasteiger partial charge in [-0.05, 0) is 29.8 Å². The van der Waals surface area contributed by atoms with E-state index in [9.17, 15) is 9.18 Å². The zero-order chi connectivity index (χ0) is 14.7. The van der Waals surface area contributed by atoms with Gasteiger partial charge in [-0.1, -0.05) is 23.7 Å². The van der Waals surface area contributed by atoms with Gasteiger partial charge in [0.2, 0.25) is 0 Å². The molecule has 0 spiro atoms. The van der Waals surface area contributed by atoms with Crippen molar-refractivity contribution < 1.29 is 13.9 Å². The molecule has 0 aliphatic heterocycles. The van der Waals surface area contributed by atoms with Crippen molar-refractivity contribution in [1.82, 2.24) is 0 Å². The van der Waals surface area contributed by atoms with E-state index < -0.39 is 5.82 Å². The van der Waals surface area contributed by atoms with E-state index in [4.69, 9.17) is 22.1 Å². The van der Waals surface area contributed by atoms with E-state index in [0.717, 1.165) is 0 Å². The molecule has 0 saturated carbocycles. The third kappa shape index (κ3) is 2.91.